The van der Waals surface area contributed by atoms with Crippen LogP contribution in [0, 0.1) is 6.92 Å². The Morgan fingerprint density at radius 1 is 1.40 bits per heavy atom. The molecular weight excluding hydrogens is 256 g/mol. The summed E-state index contributed by atoms with van der Waals surface area (Å²) < 4.78 is 6.91. The minimum atomic E-state index is -0.200. The van der Waals surface area contributed by atoms with Gasteiger partial charge >= 0.3 is 0 Å². The maximum atomic E-state index is 12.3. The molecule has 1 aromatic carbocycles. The van der Waals surface area contributed by atoms with Crippen LogP contribution in [-0.2, 0) is 25.0 Å². The van der Waals surface area contributed by atoms with E-state index in [0.29, 0.717) is 36.0 Å². The molecule has 0 unspecified atom stereocenters. The lowest BCUT2D eigenvalue weighted by atomic mass is 10.1. The molecule has 2 aromatic rings. The molecule has 0 fully saturated rings. The second kappa shape index (κ2) is 4.64. The van der Waals surface area contributed by atoms with Crippen molar-refractivity contribution in [3.63, 3.8) is 0 Å². The van der Waals surface area contributed by atoms with Crippen molar-refractivity contribution in [2.75, 3.05) is 11.1 Å². The number of amides is 1. The third-order valence-corrected chi connectivity index (χ3v) is 3.48. The number of carbonyl (C=O) groups excluding carboxylic acids is 1. The number of nitrogens with zero attached hydrogens (tertiary/aromatic N) is 2. The number of aromatic nitrogens is 2. The maximum absolute atomic E-state index is 12.3. The number of aryl methyl sites for hydroxylation is 2. The van der Waals surface area contributed by atoms with Crippen LogP contribution >= 0.6 is 0 Å². The number of nitrogen functional groups attached to an aromatic ring is 1. The molecule has 1 aromatic heterocycles. The van der Waals surface area contributed by atoms with E-state index in [0.717, 1.165) is 11.1 Å². The van der Waals surface area contributed by atoms with Gasteiger partial charge in [-0.15, -0.1) is 0 Å². The number of hydrogen-bond donors (Lipinski definition) is 2. The summed E-state index contributed by atoms with van der Waals surface area (Å²) in [5, 5.41) is 6.97. The zero-order valence-corrected chi connectivity index (χ0v) is 11.4. The van der Waals surface area contributed by atoms with Crippen LogP contribution in [0.25, 0.3) is 0 Å². The number of hydrogen-bond acceptors (Lipinski definition) is 4. The SMILES string of the molecule is Cc1nn(C)c(NC(=O)c2ccc3c(c2)COC3)c1N. The molecule has 2 heterocycles. The van der Waals surface area contributed by atoms with Crippen molar-refractivity contribution in [3.05, 3.63) is 40.6 Å². The molecule has 1 aliphatic heterocycles. The van der Waals surface area contributed by atoms with Gasteiger partial charge in [-0.1, -0.05) is 6.07 Å². The molecule has 3 N–H and O–H groups in total. The van der Waals surface area contributed by atoms with E-state index in [2.05, 4.69) is 10.4 Å². The number of nitrogens with two attached hydrogens (primary N) is 1. The van der Waals surface area contributed by atoms with E-state index in [4.69, 9.17) is 10.5 Å². The molecule has 104 valence electrons. The molecule has 0 radical (unpaired) electrons. The number of rotatable bonds is 2. The number of anilines is 2. The quantitative estimate of drug-likeness (QED) is 0.869. The monoisotopic (exact) mass is 272 g/mol. The summed E-state index contributed by atoms with van der Waals surface area (Å²) in [5.74, 6) is 0.318. The summed E-state index contributed by atoms with van der Waals surface area (Å²) in [7, 11) is 1.75. The van der Waals surface area contributed by atoms with Gasteiger partial charge in [0.25, 0.3) is 5.91 Å². The maximum Gasteiger partial charge on any atom is 0.256 e. The summed E-state index contributed by atoms with van der Waals surface area (Å²) in [4.78, 5) is 12.3. The van der Waals surface area contributed by atoms with E-state index in [-0.39, 0.29) is 5.91 Å². The molecule has 0 spiro atoms. The Hall–Kier alpha value is -2.34. The summed E-state index contributed by atoms with van der Waals surface area (Å²) >= 11 is 0. The highest BCUT2D eigenvalue weighted by atomic mass is 16.5. The fourth-order valence-corrected chi connectivity index (χ4v) is 2.32. The summed E-state index contributed by atoms with van der Waals surface area (Å²) in [5.41, 5.74) is 9.88. The number of benzene rings is 1. The van der Waals surface area contributed by atoms with Gasteiger partial charge in [-0.25, -0.2) is 0 Å². The number of carbonyl (C=O) groups is 1. The Morgan fingerprint density at radius 3 is 2.85 bits per heavy atom. The summed E-state index contributed by atoms with van der Waals surface area (Å²) in [6.07, 6.45) is 0. The molecule has 0 saturated heterocycles. The largest absolute Gasteiger partial charge is 0.394 e. The van der Waals surface area contributed by atoms with Gasteiger partial charge in [-0.05, 0) is 30.2 Å². The first-order valence-electron chi connectivity index (χ1n) is 6.36. The molecule has 3 rings (SSSR count). The van der Waals surface area contributed by atoms with Gasteiger partial charge in [0, 0.05) is 12.6 Å². The van der Waals surface area contributed by atoms with E-state index in [1.165, 1.54) is 0 Å². The Morgan fingerprint density at radius 2 is 2.15 bits per heavy atom. The molecule has 6 heteroatoms. The second-order valence-electron chi connectivity index (χ2n) is 4.90. The first kappa shape index (κ1) is 12.7. The van der Waals surface area contributed by atoms with Crippen LogP contribution in [0.15, 0.2) is 18.2 Å². The Labute approximate surface area is 116 Å². The van der Waals surface area contributed by atoms with Gasteiger partial charge in [0.1, 0.15) is 0 Å². The zero-order chi connectivity index (χ0) is 14.3. The highest BCUT2D eigenvalue weighted by Gasteiger charge is 2.17. The van der Waals surface area contributed by atoms with Crippen molar-refractivity contribution in [1.29, 1.82) is 0 Å². The molecule has 6 nitrogen and oxygen atoms in total. The lowest BCUT2D eigenvalue weighted by molar-refractivity contribution is 0.102. The molecule has 0 saturated carbocycles. The van der Waals surface area contributed by atoms with E-state index < -0.39 is 0 Å². The molecular formula is C14H16N4O2. The Bertz CT molecular complexity index is 691. The average Bonchev–Trinajstić information content (AvgIpc) is 2.98. The van der Waals surface area contributed by atoms with Gasteiger partial charge in [0.05, 0.1) is 24.6 Å². The van der Waals surface area contributed by atoms with Crippen LogP contribution in [0.4, 0.5) is 11.5 Å². The molecule has 0 atom stereocenters. The fourth-order valence-electron chi connectivity index (χ4n) is 2.32. The number of fused-ring (bicyclic) bond motifs is 1. The van der Waals surface area contributed by atoms with Crippen LogP contribution in [0.1, 0.15) is 27.2 Å². The highest BCUT2D eigenvalue weighted by Crippen LogP contribution is 2.24. The van der Waals surface area contributed by atoms with Gasteiger partial charge in [-0.2, -0.15) is 5.10 Å². The minimum Gasteiger partial charge on any atom is -0.394 e. The molecule has 0 aliphatic carbocycles. The minimum absolute atomic E-state index is 0.200. The van der Waals surface area contributed by atoms with Crippen molar-refractivity contribution in [1.82, 2.24) is 9.78 Å². The van der Waals surface area contributed by atoms with Crippen molar-refractivity contribution in [3.8, 4) is 0 Å². The summed E-state index contributed by atoms with van der Waals surface area (Å²) in [6, 6.07) is 5.58. The smallest absolute Gasteiger partial charge is 0.256 e. The highest BCUT2D eigenvalue weighted by molar-refractivity contribution is 6.05. The van der Waals surface area contributed by atoms with E-state index in [1.807, 2.05) is 12.1 Å². The normalized spacial score (nSPS) is 13.3. The van der Waals surface area contributed by atoms with Crippen molar-refractivity contribution >= 4 is 17.4 Å². The predicted molar refractivity (Wildman–Crippen MR) is 75.2 cm³/mol. The average molecular weight is 272 g/mol. The van der Waals surface area contributed by atoms with Crippen LogP contribution in [0.5, 0.6) is 0 Å². The Kier molecular flexibility index (Phi) is 2.94. The van der Waals surface area contributed by atoms with Gasteiger partial charge < -0.3 is 15.8 Å². The molecule has 0 bridgehead atoms. The van der Waals surface area contributed by atoms with Gasteiger partial charge in [0.2, 0.25) is 0 Å². The van der Waals surface area contributed by atoms with Crippen LogP contribution in [0.2, 0.25) is 0 Å². The van der Waals surface area contributed by atoms with Crippen molar-refractivity contribution in [2.24, 2.45) is 7.05 Å². The van der Waals surface area contributed by atoms with E-state index in [1.54, 1.807) is 24.7 Å². The van der Waals surface area contributed by atoms with Crippen molar-refractivity contribution < 1.29 is 9.53 Å². The lowest BCUT2D eigenvalue weighted by Gasteiger charge is -2.07. The number of ether oxygens (including phenoxy) is 1. The summed E-state index contributed by atoms with van der Waals surface area (Å²) in [6.45, 7) is 2.98. The third kappa shape index (κ3) is 2.04. The topological polar surface area (TPSA) is 82.2 Å². The molecule has 20 heavy (non-hydrogen) atoms. The lowest BCUT2D eigenvalue weighted by Crippen LogP contribution is -2.15. The third-order valence-electron chi connectivity index (χ3n) is 3.48. The van der Waals surface area contributed by atoms with Crippen LogP contribution in [-0.4, -0.2) is 15.7 Å². The Balaban J connectivity index is 1.86. The first-order chi connectivity index (χ1) is 9.56. The standard InChI is InChI=1S/C14H16N4O2/c1-8-12(15)13(18(2)17-8)16-14(19)9-3-4-10-6-20-7-11(10)5-9/h3-5H,6-7,15H2,1-2H3,(H,16,19). The van der Waals surface area contributed by atoms with E-state index in [9.17, 15) is 4.79 Å². The molecule has 1 aliphatic rings. The fraction of sp³-hybridized carbons (Fsp3) is 0.286. The van der Waals surface area contributed by atoms with Crippen LogP contribution < -0.4 is 11.1 Å². The zero-order valence-electron chi connectivity index (χ0n) is 11.4. The number of nitrogens with one attached hydrogen (secondary N) is 1. The second-order valence-corrected chi connectivity index (χ2v) is 4.90. The molecule has 1 amide bonds. The first-order valence-corrected chi connectivity index (χ1v) is 6.36. The van der Waals surface area contributed by atoms with Gasteiger partial charge in [-0.3, -0.25) is 9.48 Å². The van der Waals surface area contributed by atoms with Gasteiger partial charge in [0.15, 0.2) is 5.82 Å². The predicted octanol–water partition coefficient (Wildman–Crippen LogP) is 1.59. The van der Waals surface area contributed by atoms with Crippen LogP contribution in [0.3, 0.4) is 0 Å². The van der Waals surface area contributed by atoms with Crippen molar-refractivity contribution in [2.45, 2.75) is 20.1 Å². The van der Waals surface area contributed by atoms with E-state index >= 15 is 0 Å².